The van der Waals surface area contributed by atoms with Crippen molar-refractivity contribution in [3.8, 4) is 0 Å². The number of rotatable bonds is 4. The van der Waals surface area contributed by atoms with Crippen LogP contribution < -0.4 is 5.32 Å². The summed E-state index contributed by atoms with van der Waals surface area (Å²) in [7, 11) is 0. The first-order valence-corrected chi connectivity index (χ1v) is 12.2. The molecule has 0 aliphatic carbocycles. The molecular weight excluding hydrogens is 686 g/mol. The minimum Gasteiger partial charge on any atom is -0.466 e. The Morgan fingerprint density at radius 3 is 2.17 bits per heavy atom. The monoisotopic (exact) mass is 712 g/mol. The van der Waals surface area contributed by atoms with Gasteiger partial charge >= 0.3 is 5.97 Å². The molecule has 1 N–H and O–H groups in total. The standard InChI is InChI=1S/C15H11NO4.C14H12O4.CH3.W/c17-14-2-1-9(15(18)16-14)11-7-20-13-6-12-8(3-4-19-12)5-10(11)13;1-2-16-14(15)6-10-8-18-13-7-12-9(3-4-17-12)5-11(10)13;;/h3-7,9H,1-2H2,(H,16,17,18);3-5,7-8H,2,6H2,1H3;1H3;/q;;-1;. The van der Waals surface area contributed by atoms with Crippen molar-refractivity contribution >= 4 is 61.7 Å². The van der Waals surface area contributed by atoms with Crippen molar-refractivity contribution in [3.63, 3.8) is 0 Å². The van der Waals surface area contributed by atoms with E-state index in [1.54, 1.807) is 32.0 Å². The zero-order valence-corrected chi connectivity index (χ0v) is 24.8. The van der Waals surface area contributed by atoms with Crippen molar-refractivity contribution < 1.29 is 57.9 Å². The number of hydrogen-bond donors (Lipinski definition) is 1. The number of fused-ring (bicyclic) bond motifs is 4. The molecular formula is C30H26NO8W-. The molecule has 10 heteroatoms. The second-order valence-electron chi connectivity index (χ2n) is 9.05. The Hall–Kier alpha value is -4.10. The van der Waals surface area contributed by atoms with Crippen LogP contribution in [0, 0.1) is 7.43 Å². The van der Waals surface area contributed by atoms with Gasteiger partial charge in [-0.3, -0.25) is 19.7 Å². The van der Waals surface area contributed by atoms with Crippen LogP contribution in [0.1, 0.15) is 36.8 Å². The third-order valence-corrected chi connectivity index (χ3v) is 6.66. The molecule has 206 valence electrons. The molecule has 0 saturated carbocycles. The molecule has 1 aliphatic rings. The molecule has 0 radical (unpaired) electrons. The summed E-state index contributed by atoms with van der Waals surface area (Å²) in [6.45, 7) is 2.18. The number of carbonyl (C=O) groups excluding carboxylic acids is 3. The van der Waals surface area contributed by atoms with E-state index in [-0.39, 0.29) is 58.6 Å². The molecule has 1 fully saturated rings. The zero-order valence-electron chi connectivity index (χ0n) is 21.9. The molecule has 6 aromatic rings. The van der Waals surface area contributed by atoms with Gasteiger partial charge in [0, 0.05) is 72.3 Å². The summed E-state index contributed by atoms with van der Waals surface area (Å²) in [5, 5.41) is 6.16. The van der Waals surface area contributed by atoms with Gasteiger partial charge in [-0.15, -0.1) is 0 Å². The van der Waals surface area contributed by atoms with Crippen LogP contribution in [0.15, 0.2) is 79.1 Å². The first-order valence-electron chi connectivity index (χ1n) is 12.2. The summed E-state index contributed by atoms with van der Waals surface area (Å²) in [5.41, 5.74) is 4.60. The third-order valence-electron chi connectivity index (χ3n) is 6.66. The Balaban J connectivity index is 0.000000177. The molecule has 7 rings (SSSR count). The van der Waals surface area contributed by atoms with Gasteiger partial charge in [0.05, 0.1) is 44.0 Å². The van der Waals surface area contributed by atoms with E-state index in [2.05, 4.69) is 5.32 Å². The van der Waals surface area contributed by atoms with Gasteiger partial charge in [-0.2, -0.15) is 0 Å². The van der Waals surface area contributed by atoms with E-state index in [1.807, 2.05) is 36.4 Å². The van der Waals surface area contributed by atoms with Crippen molar-refractivity contribution in [2.45, 2.75) is 32.1 Å². The van der Waals surface area contributed by atoms with E-state index in [0.29, 0.717) is 25.0 Å². The van der Waals surface area contributed by atoms with Crippen LogP contribution in [0.2, 0.25) is 0 Å². The number of esters is 1. The van der Waals surface area contributed by atoms with Gasteiger partial charge in [-0.1, -0.05) is 0 Å². The van der Waals surface area contributed by atoms with Crippen molar-refractivity contribution in [1.82, 2.24) is 5.32 Å². The average Bonchev–Trinajstić information content (AvgIpc) is 3.69. The number of furan rings is 4. The number of carbonyl (C=O) groups is 3. The predicted molar refractivity (Wildman–Crippen MR) is 144 cm³/mol. The minimum absolute atomic E-state index is 0. The van der Waals surface area contributed by atoms with Gasteiger partial charge in [0.25, 0.3) is 0 Å². The predicted octanol–water partition coefficient (Wildman–Crippen LogP) is 6.43. The van der Waals surface area contributed by atoms with Gasteiger partial charge in [-0.05, 0) is 37.6 Å². The van der Waals surface area contributed by atoms with E-state index in [9.17, 15) is 14.4 Å². The maximum Gasteiger partial charge on any atom is 0.310 e. The van der Waals surface area contributed by atoms with Crippen molar-refractivity contribution in [1.29, 1.82) is 0 Å². The van der Waals surface area contributed by atoms with Crippen LogP contribution in [-0.4, -0.2) is 24.4 Å². The molecule has 0 spiro atoms. The largest absolute Gasteiger partial charge is 0.466 e. The average molecular weight is 712 g/mol. The van der Waals surface area contributed by atoms with E-state index in [1.165, 1.54) is 0 Å². The normalized spacial score (nSPS) is 14.9. The first kappa shape index (κ1) is 28.9. The molecule has 5 heterocycles. The number of nitrogens with one attached hydrogen (secondary N) is 1. The Morgan fingerprint density at radius 2 is 1.52 bits per heavy atom. The van der Waals surface area contributed by atoms with Gasteiger partial charge < -0.3 is 29.8 Å². The Morgan fingerprint density at radius 1 is 0.900 bits per heavy atom. The van der Waals surface area contributed by atoms with Gasteiger partial charge in [0.2, 0.25) is 11.8 Å². The second-order valence-corrected chi connectivity index (χ2v) is 9.05. The van der Waals surface area contributed by atoms with E-state index < -0.39 is 0 Å². The Kier molecular flexibility index (Phi) is 8.64. The smallest absolute Gasteiger partial charge is 0.310 e. The molecule has 1 unspecified atom stereocenters. The molecule has 2 aromatic carbocycles. The van der Waals surface area contributed by atoms with Crippen LogP contribution in [-0.2, 0) is 46.6 Å². The van der Waals surface area contributed by atoms with Gasteiger partial charge in [0.1, 0.15) is 22.3 Å². The summed E-state index contributed by atoms with van der Waals surface area (Å²) < 4.78 is 26.5. The molecule has 9 nitrogen and oxygen atoms in total. The van der Waals surface area contributed by atoms with Crippen molar-refractivity contribution in [2.24, 2.45) is 0 Å². The fraction of sp³-hybridized carbons (Fsp3) is 0.200. The van der Waals surface area contributed by atoms with E-state index in [0.717, 1.165) is 49.4 Å². The van der Waals surface area contributed by atoms with Crippen LogP contribution in [0.25, 0.3) is 43.9 Å². The Labute approximate surface area is 243 Å². The van der Waals surface area contributed by atoms with E-state index in [4.69, 9.17) is 22.4 Å². The fourth-order valence-electron chi connectivity index (χ4n) is 4.81. The summed E-state index contributed by atoms with van der Waals surface area (Å²) >= 11 is 0. The van der Waals surface area contributed by atoms with Gasteiger partial charge in [0.15, 0.2) is 0 Å². The number of hydrogen-bond acceptors (Lipinski definition) is 8. The molecule has 1 aliphatic heterocycles. The second kappa shape index (κ2) is 12.0. The minimum atomic E-state index is -0.335. The SMILES string of the molecule is CCOC(=O)Cc1coc2cc3occc3cc12.O=C1CCC(c2coc3cc4occc4cc23)C(=O)N1.[CH3-].[W]. The maximum absolute atomic E-state index is 12.0. The van der Waals surface area contributed by atoms with Crippen LogP contribution >= 0.6 is 0 Å². The summed E-state index contributed by atoms with van der Waals surface area (Å²) in [6.07, 6.45) is 7.55. The molecule has 1 saturated heterocycles. The summed E-state index contributed by atoms with van der Waals surface area (Å²) in [4.78, 5) is 34.7. The van der Waals surface area contributed by atoms with E-state index >= 15 is 0 Å². The van der Waals surface area contributed by atoms with Crippen LogP contribution in [0.3, 0.4) is 0 Å². The fourth-order valence-corrected chi connectivity index (χ4v) is 4.81. The summed E-state index contributed by atoms with van der Waals surface area (Å²) in [6, 6.07) is 11.3. The number of ether oxygens (including phenoxy) is 1. The summed E-state index contributed by atoms with van der Waals surface area (Å²) in [5.74, 6) is -1.04. The molecule has 2 amide bonds. The number of imide groups is 1. The van der Waals surface area contributed by atoms with Crippen molar-refractivity contribution in [2.75, 3.05) is 6.61 Å². The van der Waals surface area contributed by atoms with Crippen LogP contribution in [0.4, 0.5) is 0 Å². The quantitative estimate of drug-likeness (QED) is 0.126. The molecule has 1 atom stereocenters. The van der Waals surface area contributed by atoms with Gasteiger partial charge in [-0.25, -0.2) is 0 Å². The van der Waals surface area contributed by atoms with Crippen LogP contribution in [0.5, 0.6) is 0 Å². The Bertz CT molecular complexity index is 1820. The number of benzene rings is 2. The topological polar surface area (TPSA) is 125 Å². The zero-order chi connectivity index (χ0) is 26.2. The maximum atomic E-state index is 12.0. The molecule has 0 bridgehead atoms. The number of amides is 2. The molecule has 40 heavy (non-hydrogen) atoms. The van der Waals surface area contributed by atoms with Crippen molar-refractivity contribution in [3.05, 3.63) is 80.0 Å². The first-order chi connectivity index (χ1) is 18.5. The number of piperidine rings is 1. The molecule has 4 aromatic heterocycles. The third kappa shape index (κ3) is 5.47.